The number of amides is 1. The average Bonchev–Trinajstić information content (AvgIpc) is 3.61. The molecule has 0 aliphatic carbocycles. The molecular weight excluding hydrogens is 528 g/mol. The van der Waals surface area contributed by atoms with Gasteiger partial charge in [0.05, 0.1) is 41.2 Å². The van der Waals surface area contributed by atoms with E-state index < -0.39 is 17.7 Å². The molecule has 202 valence electrons. The number of imidazole rings is 1. The number of carbonyl (C=O) groups is 2. The Hall–Kier alpha value is -4.70. The van der Waals surface area contributed by atoms with Gasteiger partial charge in [-0.05, 0) is 68.3 Å². The molecule has 5 aromatic rings. The summed E-state index contributed by atoms with van der Waals surface area (Å²) in [7, 11) is 1.54. The minimum atomic E-state index is -0.952. The molecule has 1 aliphatic heterocycles. The lowest BCUT2D eigenvalue weighted by Gasteiger charge is -2.23. The van der Waals surface area contributed by atoms with Gasteiger partial charge in [-0.1, -0.05) is 29.5 Å². The third-order valence-corrected chi connectivity index (χ3v) is 8.05. The zero-order chi connectivity index (χ0) is 28.1. The van der Waals surface area contributed by atoms with Crippen LogP contribution in [0.5, 0.6) is 11.5 Å². The summed E-state index contributed by atoms with van der Waals surface area (Å²) in [4.78, 5) is 38.0. The van der Waals surface area contributed by atoms with Gasteiger partial charge in [-0.3, -0.25) is 14.5 Å². The fraction of sp³-hybridized carbons (Fsp3) is 0.200. The van der Waals surface area contributed by atoms with Gasteiger partial charge in [0.15, 0.2) is 10.9 Å². The largest absolute Gasteiger partial charge is 0.505 e. The molecule has 1 amide bonds. The number of hydrogen-bond acceptors (Lipinski definition) is 8. The van der Waals surface area contributed by atoms with Crippen molar-refractivity contribution in [2.45, 2.75) is 26.8 Å². The number of nitrogens with zero attached hydrogens (tertiary/aromatic N) is 4. The molecule has 3 aromatic heterocycles. The number of thiazole rings is 1. The Morgan fingerprint density at radius 1 is 1.05 bits per heavy atom. The van der Waals surface area contributed by atoms with Crippen molar-refractivity contribution in [2.24, 2.45) is 0 Å². The van der Waals surface area contributed by atoms with Crippen LogP contribution in [0.25, 0.3) is 21.6 Å². The van der Waals surface area contributed by atoms with Gasteiger partial charge >= 0.3 is 5.91 Å². The molecule has 0 bridgehead atoms. The van der Waals surface area contributed by atoms with Crippen LogP contribution >= 0.6 is 11.3 Å². The van der Waals surface area contributed by atoms with Crippen molar-refractivity contribution in [2.75, 3.05) is 18.6 Å². The van der Waals surface area contributed by atoms with E-state index in [1.807, 2.05) is 61.7 Å². The van der Waals surface area contributed by atoms with Gasteiger partial charge in [0.1, 0.15) is 22.8 Å². The van der Waals surface area contributed by atoms with Crippen molar-refractivity contribution >= 4 is 49.8 Å². The van der Waals surface area contributed by atoms with E-state index in [0.717, 1.165) is 10.3 Å². The number of anilines is 1. The standard InChI is InChI=1S/C30H26N4O5S/c1-5-39-20-11-12-21-22(15-20)40-30(31-21)34-25(18-9-6-10-19(14-18)38-4)23(27(36)29(34)37)26(35)24-17(3)33-13-7-8-16(2)28(33)32-24/h6-15,25,35H,5H2,1-4H3/b26-23+. The first kappa shape index (κ1) is 25.6. The Morgan fingerprint density at radius 3 is 2.62 bits per heavy atom. The normalized spacial score (nSPS) is 16.8. The smallest absolute Gasteiger partial charge is 0.301 e. The number of carbonyl (C=O) groups excluding carboxylic acids is 2. The number of benzene rings is 2. The molecule has 1 unspecified atom stereocenters. The molecule has 0 saturated carbocycles. The highest BCUT2D eigenvalue weighted by molar-refractivity contribution is 7.22. The third-order valence-electron chi connectivity index (χ3n) is 7.03. The number of ether oxygens (including phenoxy) is 2. The van der Waals surface area contributed by atoms with Gasteiger partial charge in [0.2, 0.25) is 0 Å². The summed E-state index contributed by atoms with van der Waals surface area (Å²) in [6.45, 7) is 6.16. The summed E-state index contributed by atoms with van der Waals surface area (Å²) in [5.74, 6) is -0.694. The van der Waals surface area contributed by atoms with Crippen molar-refractivity contribution < 1.29 is 24.2 Å². The predicted octanol–water partition coefficient (Wildman–Crippen LogP) is 5.59. The lowest BCUT2D eigenvalue weighted by molar-refractivity contribution is -0.132. The van der Waals surface area contributed by atoms with Crippen LogP contribution in [0.1, 0.15) is 35.5 Å². The number of Topliss-reactive ketones (excluding diaryl/α,β-unsaturated/α-hetero) is 1. The fourth-order valence-electron chi connectivity index (χ4n) is 5.08. The molecule has 4 heterocycles. The molecule has 1 fully saturated rings. The minimum absolute atomic E-state index is 0.0586. The summed E-state index contributed by atoms with van der Waals surface area (Å²) in [5.41, 5.74) is 3.66. The van der Waals surface area contributed by atoms with E-state index in [1.54, 1.807) is 31.4 Å². The molecule has 1 N–H and O–H groups in total. The maximum absolute atomic E-state index is 13.7. The number of aliphatic hydroxyl groups excluding tert-OH is 1. The molecule has 1 atom stereocenters. The Balaban J connectivity index is 1.57. The minimum Gasteiger partial charge on any atom is -0.505 e. The number of aromatic nitrogens is 3. The quantitative estimate of drug-likeness (QED) is 0.166. The zero-order valence-corrected chi connectivity index (χ0v) is 23.2. The van der Waals surface area contributed by atoms with Crippen molar-refractivity contribution in [1.29, 1.82) is 0 Å². The molecule has 0 radical (unpaired) electrons. The molecule has 2 aromatic carbocycles. The second-order valence-corrected chi connectivity index (χ2v) is 10.4. The van der Waals surface area contributed by atoms with Gasteiger partial charge < -0.3 is 19.0 Å². The molecule has 9 nitrogen and oxygen atoms in total. The van der Waals surface area contributed by atoms with Crippen LogP contribution in [0.2, 0.25) is 0 Å². The number of fused-ring (bicyclic) bond motifs is 2. The summed E-state index contributed by atoms with van der Waals surface area (Å²) in [5, 5.41) is 12.0. The van der Waals surface area contributed by atoms with E-state index in [9.17, 15) is 14.7 Å². The van der Waals surface area contributed by atoms with Gasteiger partial charge in [-0.15, -0.1) is 0 Å². The molecule has 6 rings (SSSR count). The Labute approximate surface area is 233 Å². The predicted molar refractivity (Wildman–Crippen MR) is 153 cm³/mol. The first-order valence-electron chi connectivity index (χ1n) is 12.7. The maximum atomic E-state index is 13.7. The first-order valence-corrected chi connectivity index (χ1v) is 13.6. The molecule has 1 saturated heterocycles. The first-order chi connectivity index (χ1) is 19.3. The van der Waals surface area contributed by atoms with Gasteiger partial charge in [0.25, 0.3) is 5.78 Å². The molecule has 10 heteroatoms. The number of hydrogen-bond donors (Lipinski definition) is 1. The number of methoxy groups -OCH3 is 1. The highest BCUT2D eigenvalue weighted by Gasteiger charge is 2.48. The van der Waals surface area contributed by atoms with Crippen LogP contribution in [0.4, 0.5) is 5.13 Å². The van der Waals surface area contributed by atoms with E-state index in [2.05, 4.69) is 4.98 Å². The van der Waals surface area contributed by atoms with E-state index in [0.29, 0.717) is 45.7 Å². The van der Waals surface area contributed by atoms with Crippen LogP contribution in [-0.2, 0) is 9.59 Å². The Morgan fingerprint density at radius 2 is 1.88 bits per heavy atom. The zero-order valence-electron chi connectivity index (χ0n) is 22.3. The third kappa shape index (κ3) is 3.99. The van der Waals surface area contributed by atoms with Gasteiger partial charge in [-0.2, -0.15) is 0 Å². The van der Waals surface area contributed by atoms with Crippen molar-refractivity contribution in [3.8, 4) is 11.5 Å². The highest BCUT2D eigenvalue weighted by Crippen LogP contribution is 2.45. The van der Waals surface area contributed by atoms with Crippen LogP contribution in [0.3, 0.4) is 0 Å². The number of rotatable bonds is 6. The number of aryl methyl sites for hydroxylation is 2. The van der Waals surface area contributed by atoms with Crippen LogP contribution in [0.15, 0.2) is 66.4 Å². The Kier molecular flexibility index (Phi) is 6.26. The molecule has 0 spiro atoms. The Bertz CT molecular complexity index is 1850. The van der Waals surface area contributed by atoms with Crippen LogP contribution in [-0.4, -0.2) is 44.9 Å². The maximum Gasteiger partial charge on any atom is 0.301 e. The summed E-state index contributed by atoms with van der Waals surface area (Å²) < 4.78 is 13.7. The van der Waals surface area contributed by atoms with E-state index in [1.165, 1.54) is 16.2 Å². The summed E-state index contributed by atoms with van der Waals surface area (Å²) >= 11 is 1.27. The van der Waals surface area contributed by atoms with E-state index >= 15 is 0 Å². The van der Waals surface area contributed by atoms with E-state index in [-0.39, 0.29) is 17.0 Å². The monoisotopic (exact) mass is 554 g/mol. The van der Waals surface area contributed by atoms with Crippen LogP contribution < -0.4 is 14.4 Å². The van der Waals surface area contributed by atoms with Crippen molar-refractivity contribution in [3.63, 3.8) is 0 Å². The number of ketones is 1. The molecule has 1 aliphatic rings. The van der Waals surface area contributed by atoms with Gasteiger partial charge in [-0.25, -0.2) is 9.97 Å². The topological polar surface area (TPSA) is 106 Å². The molecular formula is C30H26N4O5S. The fourth-order valence-corrected chi connectivity index (χ4v) is 6.10. The summed E-state index contributed by atoms with van der Waals surface area (Å²) in [6, 6.07) is 15.4. The average molecular weight is 555 g/mol. The SMILES string of the molecule is CCOc1ccc2nc(N3C(=O)C(=O)/C(=C(/O)c4nc5c(C)cccn5c4C)C3c3cccc(OC)c3)sc2c1. The molecule has 40 heavy (non-hydrogen) atoms. The van der Waals surface area contributed by atoms with Crippen molar-refractivity contribution in [1.82, 2.24) is 14.4 Å². The second kappa shape index (κ2) is 9.80. The van der Waals surface area contributed by atoms with Gasteiger partial charge in [0, 0.05) is 6.20 Å². The van der Waals surface area contributed by atoms with Crippen molar-refractivity contribution in [3.05, 3.63) is 88.9 Å². The van der Waals surface area contributed by atoms with E-state index in [4.69, 9.17) is 14.5 Å². The lowest BCUT2D eigenvalue weighted by Crippen LogP contribution is -2.29. The second-order valence-electron chi connectivity index (χ2n) is 9.44. The highest BCUT2D eigenvalue weighted by atomic mass is 32.1. The lowest BCUT2D eigenvalue weighted by atomic mass is 9.96. The number of aliphatic hydroxyl groups is 1. The summed E-state index contributed by atoms with van der Waals surface area (Å²) in [6.07, 6.45) is 1.84. The number of pyridine rings is 1. The van der Waals surface area contributed by atoms with Crippen LogP contribution in [0, 0.1) is 13.8 Å².